The van der Waals surface area contributed by atoms with Crippen LogP contribution in [0.3, 0.4) is 0 Å². The largest absolute Gasteiger partial charge is 0.481 e. The molecule has 88 valence electrons. The first-order chi connectivity index (χ1) is 7.63. The van der Waals surface area contributed by atoms with Gasteiger partial charge in [-0.05, 0) is 12.8 Å². The van der Waals surface area contributed by atoms with Crippen molar-refractivity contribution in [3.8, 4) is 0 Å². The van der Waals surface area contributed by atoms with Crippen molar-refractivity contribution < 1.29 is 14.6 Å². The van der Waals surface area contributed by atoms with Crippen LogP contribution >= 0.6 is 11.3 Å². The number of aliphatic carboxylic acids is 1. The molecule has 1 N–H and O–H groups in total. The second kappa shape index (κ2) is 4.51. The van der Waals surface area contributed by atoms with Gasteiger partial charge in [-0.2, -0.15) is 0 Å². The predicted molar refractivity (Wildman–Crippen MR) is 61.1 cm³/mol. The summed E-state index contributed by atoms with van der Waals surface area (Å²) in [6, 6.07) is 0. The molecule has 0 fully saturated rings. The lowest BCUT2D eigenvalue weighted by Gasteiger charge is -2.06. The van der Waals surface area contributed by atoms with Crippen LogP contribution in [0, 0.1) is 0 Å². The van der Waals surface area contributed by atoms with Gasteiger partial charge >= 0.3 is 5.97 Å². The molecule has 1 aliphatic rings. The molecule has 1 heterocycles. The van der Waals surface area contributed by atoms with E-state index < -0.39 is 11.9 Å². The van der Waals surface area contributed by atoms with Gasteiger partial charge in [0.2, 0.25) is 0 Å². The van der Waals surface area contributed by atoms with Crippen molar-refractivity contribution in [2.45, 2.75) is 31.6 Å². The summed E-state index contributed by atoms with van der Waals surface area (Å²) in [6.45, 7) is 2.68. The lowest BCUT2D eigenvalue weighted by molar-refractivity contribution is -0.138. The molecule has 1 aromatic heterocycles. The molecule has 5 heteroatoms. The Morgan fingerprint density at radius 1 is 1.75 bits per heavy atom. The van der Waals surface area contributed by atoms with Crippen LogP contribution in [-0.2, 0) is 16.0 Å². The molecule has 0 bridgehead atoms. The van der Waals surface area contributed by atoms with E-state index in [1.807, 2.05) is 6.92 Å². The summed E-state index contributed by atoms with van der Waals surface area (Å²) in [5.74, 6) is -0.903. The van der Waals surface area contributed by atoms with E-state index in [-0.39, 0.29) is 5.92 Å². The number of carboxylic acids is 1. The van der Waals surface area contributed by atoms with E-state index in [0.29, 0.717) is 13.0 Å². The van der Waals surface area contributed by atoms with Gasteiger partial charge in [0, 0.05) is 17.9 Å². The van der Waals surface area contributed by atoms with Crippen molar-refractivity contribution in [1.82, 2.24) is 4.98 Å². The predicted octanol–water partition coefficient (Wildman–Crippen LogP) is 2.01. The summed E-state index contributed by atoms with van der Waals surface area (Å²) in [4.78, 5) is 16.6. The molecule has 2 atom stereocenters. The van der Waals surface area contributed by atoms with Crippen LogP contribution in [0.15, 0.2) is 0 Å². The van der Waals surface area contributed by atoms with E-state index in [1.165, 1.54) is 0 Å². The summed E-state index contributed by atoms with van der Waals surface area (Å²) < 4.78 is 5.08. The number of rotatable bonds is 4. The number of hydrogen-bond donors (Lipinski definition) is 1. The Kier molecular flexibility index (Phi) is 3.25. The fraction of sp³-hybridized carbons (Fsp3) is 0.636. The van der Waals surface area contributed by atoms with Crippen molar-refractivity contribution >= 4 is 17.3 Å². The van der Waals surface area contributed by atoms with Crippen molar-refractivity contribution in [1.29, 1.82) is 0 Å². The van der Waals surface area contributed by atoms with Gasteiger partial charge in [0.15, 0.2) is 0 Å². The number of thiazole rings is 1. The minimum absolute atomic E-state index is 0.245. The first-order valence-corrected chi connectivity index (χ1v) is 6.16. The van der Waals surface area contributed by atoms with Crippen molar-refractivity contribution in [2.24, 2.45) is 0 Å². The number of methoxy groups -OCH3 is 1. The average molecular weight is 241 g/mol. The number of carboxylic acid groups (broad SMARTS) is 1. The molecule has 1 aromatic rings. The molecule has 0 spiro atoms. The zero-order valence-corrected chi connectivity index (χ0v) is 10.2. The van der Waals surface area contributed by atoms with Gasteiger partial charge in [0.05, 0.1) is 17.3 Å². The Hall–Kier alpha value is -0.940. The minimum Gasteiger partial charge on any atom is -0.481 e. The molecule has 0 amide bonds. The number of ether oxygens (including phenoxy) is 1. The van der Waals surface area contributed by atoms with E-state index in [0.717, 1.165) is 22.0 Å². The lowest BCUT2D eigenvalue weighted by Crippen LogP contribution is -2.09. The monoisotopic (exact) mass is 241 g/mol. The second-order valence-electron chi connectivity index (χ2n) is 4.15. The number of hydrogen-bond acceptors (Lipinski definition) is 4. The molecule has 16 heavy (non-hydrogen) atoms. The average Bonchev–Trinajstić information content (AvgIpc) is 2.74. The Labute approximate surface area is 98.3 Å². The van der Waals surface area contributed by atoms with Crippen molar-refractivity contribution in [3.05, 3.63) is 15.6 Å². The molecule has 0 radical (unpaired) electrons. The molecular formula is C11H15NO3S. The van der Waals surface area contributed by atoms with Gasteiger partial charge in [-0.1, -0.05) is 6.92 Å². The maximum atomic E-state index is 11.0. The summed E-state index contributed by atoms with van der Waals surface area (Å²) >= 11 is 1.64. The standard InChI is InChI=1S/C11H15NO3S/c1-6(5-15-2)10-12-9-7(11(13)14)3-4-8(9)16-10/h6-7H,3-5H2,1-2H3,(H,13,14). The molecule has 0 saturated carbocycles. The number of aryl methyl sites for hydroxylation is 1. The maximum Gasteiger partial charge on any atom is 0.312 e. The molecule has 0 aromatic carbocycles. The second-order valence-corrected chi connectivity index (χ2v) is 5.26. The van der Waals surface area contributed by atoms with E-state index in [9.17, 15) is 4.79 Å². The normalized spacial score (nSPS) is 20.8. The van der Waals surface area contributed by atoms with Crippen LogP contribution in [-0.4, -0.2) is 29.8 Å². The first-order valence-electron chi connectivity index (χ1n) is 5.34. The third kappa shape index (κ3) is 1.97. The maximum absolute atomic E-state index is 11.0. The summed E-state index contributed by atoms with van der Waals surface area (Å²) in [7, 11) is 1.66. The van der Waals surface area contributed by atoms with Gasteiger partial charge < -0.3 is 9.84 Å². The summed E-state index contributed by atoms with van der Waals surface area (Å²) in [6.07, 6.45) is 1.55. The summed E-state index contributed by atoms with van der Waals surface area (Å²) in [5.41, 5.74) is 0.787. The number of fused-ring (bicyclic) bond motifs is 1. The molecule has 2 rings (SSSR count). The fourth-order valence-electron chi connectivity index (χ4n) is 2.02. The highest BCUT2D eigenvalue weighted by Gasteiger charge is 2.32. The number of nitrogens with zero attached hydrogens (tertiary/aromatic N) is 1. The van der Waals surface area contributed by atoms with Crippen LogP contribution in [0.4, 0.5) is 0 Å². The van der Waals surface area contributed by atoms with Crippen LogP contribution in [0.1, 0.15) is 40.8 Å². The quantitative estimate of drug-likeness (QED) is 0.876. The zero-order chi connectivity index (χ0) is 11.7. The molecule has 0 saturated heterocycles. The van der Waals surface area contributed by atoms with Gasteiger partial charge in [-0.3, -0.25) is 4.79 Å². The van der Waals surface area contributed by atoms with Gasteiger partial charge in [-0.25, -0.2) is 4.98 Å². The molecule has 1 aliphatic carbocycles. The number of aromatic nitrogens is 1. The molecule has 4 nitrogen and oxygen atoms in total. The van der Waals surface area contributed by atoms with Crippen molar-refractivity contribution in [2.75, 3.05) is 13.7 Å². The Bertz CT molecular complexity index is 402. The van der Waals surface area contributed by atoms with E-state index in [4.69, 9.17) is 9.84 Å². The lowest BCUT2D eigenvalue weighted by atomic mass is 10.1. The Morgan fingerprint density at radius 3 is 3.12 bits per heavy atom. The zero-order valence-electron chi connectivity index (χ0n) is 9.40. The van der Waals surface area contributed by atoms with Crippen LogP contribution in [0.5, 0.6) is 0 Å². The fourth-order valence-corrected chi connectivity index (χ4v) is 3.20. The smallest absolute Gasteiger partial charge is 0.312 e. The molecular weight excluding hydrogens is 226 g/mol. The van der Waals surface area contributed by atoms with Crippen LogP contribution in [0.25, 0.3) is 0 Å². The van der Waals surface area contributed by atoms with Crippen LogP contribution in [0.2, 0.25) is 0 Å². The highest BCUT2D eigenvalue weighted by molar-refractivity contribution is 7.11. The highest BCUT2D eigenvalue weighted by atomic mass is 32.1. The Balaban J connectivity index is 2.22. The topological polar surface area (TPSA) is 59.4 Å². The highest BCUT2D eigenvalue weighted by Crippen LogP contribution is 2.38. The van der Waals surface area contributed by atoms with E-state index in [2.05, 4.69) is 4.98 Å². The molecule has 0 aliphatic heterocycles. The first kappa shape index (κ1) is 11.5. The van der Waals surface area contributed by atoms with E-state index in [1.54, 1.807) is 18.4 Å². The minimum atomic E-state index is -0.755. The van der Waals surface area contributed by atoms with Crippen molar-refractivity contribution in [3.63, 3.8) is 0 Å². The SMILES string of the molecule is COCC(C)c1nc2c(s1)CCC2C(=O)O. The third-order valence-electron chi connectivity index (χ3n) is 2.87. The third-order valence-corrected chi connectivity index (χ3v) is 4.23. The molecule has 2 unspecified atom stereocenters. The van der Waals surface area contributed by atoms with Gasteiger partial charge in [0.1, 0.15) is 5.92 Å². The van der Waals surface area contributed by atoms with E-state index >= 15 is 0 Å². The van der Waals surface area contributed by atoms with Gasteiger partial charge in [-0.15, -0.1) is 11.3 Å². The van der Waals surface area contributed by atoms with Gasteiger partial charge in [0.25, 0.3) is 0 Å². The van der Waals surface area contributed by atoms with Crippen LogP contribution < -0.4 is 0 Å². The Morgan fingerprint density at radius 2 is 2.50 bits per heavy atom. The number of carbonyl (C=O) groups is 1. The summed E-state index contributed by atoms with van der Waals surface area (Å²) in [5, 5.41) is 10.0.